The van der Waals surface area contributed by atoms with E-state index in [0.29, 0.717) is 42.3 Å². The molecule has 0 spiro atoms. The fraction of sp³-hybridized carbons (Fsp3) is 0.391. The fourth-order valence-electron chi connectivity index (χ4n) is 2.94. The predicted octanol–water partition coefficient (Wildman–Crippen LogP) is 4.99. The number of anilines is 1. The van der Waals surface area contributed by atoms with E-state index in [-0.39, 0.29) is 11.8 Å². The number of amides is 2. The summed E-state index contributed by atoms with van der Waals surface area (Å²) in [6, 6.07) is 14.3. The van der Waals surface area contributed by atoms with Gasteiger partial charge >= 0.3 is 0 Å². The van der Waals surface area contributed by atoms with Crippen LogP contribution in [0.2, 0.25) is 0 Å². The van der Waals surface area contributed by atoms with E-state index in [1.54, 1.807) is 41.3 Å². The van der Waals surface area contributed by atoms with E-state index in [9.17, 15) is 9.59 Å². The second-order valence-corrected chi connectivity index (χ2v) is 6.56. The molecule has 0 saturated carbocycles. The van der Waals surface area contributed by atoms with Crippen LogP contribution in [0.1, 0.15) is 60.7 Å². The monoisotopic (exact) mass is 382 g/mol. The van der Waals surface area contributed by atoms with Crippen LogP contribution in [0.25, 0.3) is 0 Å². The van der Waals surface area contributed by atoms with Gasteiger partial charge in [-0.1, -0.05) is 38.0 Å². The molecule has 0 heterocycles. The van der Waals surface area contributed by atoms with Gasteiger partial charge in [0.2, 0.25) is 0 Å². The first-order valence-corrected chi connectivity index (χ1v) is 10.0. The van der Waals surface area contributed by atoms with E-state index < -0.39 is 0 Å². The van der Waals surface area contributed by atoms with Gasteiger partial charge < -0.3 is 15.0 Å². The average molecular weight is 383 g/mol. The third kappa shape index (κ3) is 5.84. The summed E-state index contributed by atoms with van der Waals surface area (Å²) in [5.74, 6) is 0.283. The highest BCUT2D eigenvalue weighted by atomic mass is 16.5. The Morgan fingerprint density at radius 3 is 2.43 bits per heavy atom. The van der Waals surface area contributed by atoms with Crippen LogP contribution in [0, 0.1) is 0 Å². The van der Waals surface area contributed by atoms with E-state index in [1.165, 1.54) is 0 Å². The summed E-state index contributed by atoms with van der Waals surface area (Å²) in [6.45, 7) is 7.92. The summed E-state index contributed by atoms with van der Waals surface area (Å²) >= 11 is 0. The van der Waals surface area contributed by atoms with Crippen molar-refractivity contribution < 1.29 is 14.3 Å². The fourth-order valence-corrected chi connectivity index (χ4v) is 2.94. The quantitative estimate of drug-likeness (QED) is 0.589. The number of ether oxygens (including phenoxy) is 1. The Morgan fingerprint density at radius 2 is 1.71 bits per heavy atom. The number of rotatable bonds is 10. The molecule has 150 valence electrons. The number of hydrogen-bond acceptors (Lipinski definition) is 3. The zero-order valence-electron chi connectivity index (χ0n) is 17.0. The highest BCUT2D eigenvalue weighted by Crippen LogP contribution is 2.21. The minimum absolute atomic E-state index is 0.0410. The predicted molar refractivity (Wildman–Crippen MR) is 113 cm³/mol. The Kier molecular flexibility index (Phi) is 8.53. The Balaban J connectivity index is 2.11. The minimum atomic E-state index is -0.251. The smallest absolute Gasteiger partial charge is 0.259 e. The molecule has 1 N–H and O–H groups in total. The van der Waals surface area contributed by atoms with Gasteiger partial charge in [-0.05, 0) is 50.6 Å². The van der Waals surface area contributed by atoms with E-state index >= 15 is 0 Å². The van der Waals surface area contributed by atoms with Crippen LogP contribution < -0.4 is 10.1 Å². The SMILES string of the molecule is CCCCCOc1ccccc1C(=O)Nc1cccc(C(=O)N(CC)CC)c1. The van der Waals surface area contributed by atoms with Crippen molar-refractivity contribution in [3.05, 3.63) is 59.7 Å². The molecular formula is C23H30N2O3. The Morgan fingerprint density at radius 1 is 0.964 bits per heavy atom. The number of benzene rings is 2. The highest BCUT2D eigenvalue weighted by molar-refractivity contribution is 6.06. The van der Waals surface area contributed by atoms with Crippen LogP contribution in [0.15, 0.2) is 48.5 Å². The molecule has 5 heteroatoms. The lowest BCUT2D eigenvalue weighted by Gasteiger charge is -2.19. The summed E-state index contributed by atoms with van der Waals surface area (Å²) < 4.78 is 5.80. The maximum atomic E-state index is 12.8. The molecule has 0 atom stereocenters. The summed E-state index contributed by atoms with van der Waals surface area (Å²) in [4.78, 5) is 27.0. The number of carbonyl (C=O) groups excluding carboxylic acids is 2. The summed E-state index contributed by atoms with van der Waals surface area (Å²) in [5, 5.41) is 2.88. The van der Waals surface area contributed by atoms with Crippen molar-refractivity contribution in [1.29, 1.82) is 0 Å². The molecule has 0 bridgehead atoms. The number of nitrogens with zero attached hydrogens (tertiary/aromatic N) is 1. The van der Waals surface area contributed by atoms with Crippen molar-refractivity contribution in [3.63, 3.8) is 0 Å². The molecule has 2 aromatic carbocycles. The van der Waals surface area contributed by atoms with Crippen LogP contribution in [0.5, 0.6) is 5.75 Å². The highest BCUT2D eigenvalue weighted by Gasteiger charge is 2.15. The molecule has 0 aliphatic heterocycles. The van der Waals surface area contributed by atoms with Gasteiger partial charge in [-0.15, -0.1) is 0 Å². The second-order valence-electron chi connectivity index (χ2n) is 6.56. The maximum absolute atomic E-state index is 12.8. The van der Waals surface area contributed by atoms with Gasteiger partial charge in [-0.3, -0.25) is 9.59 Å². The lowest BCUT2D eigenvalue weighted by atomic mass is 10.1. The van der Waals surface area contributed by atoms with Crippen LogP contribution in [0.3, 0.4) is 0 Å². The summed E-state index contributed by atoms with van der Waals surface area (Å²) in [6.07, 6.45) is 3.18. The lowest BCUT2D eigenvalue weighted by Crippen LogP contribution is -2.30. The van der Waals surface area contributed by atoms with Gasteiger partial charge in [-0.25, -0.2) is 0 Å². The number of para-hydroxylation sites is 1. The topological polar surface area (TPSA) is 58.6 Å². The average Bonchev–Trinajstić information content (AvgIpc) is 2.72. The van der Waals surface area contributed by atoms with Gasteiger partial charge in [-0.2, -0.15) is 0 Å². The Bertz CT molecular complexity index is 785. The van der Waals surface area contributed by atoms with Gasteiger partial charge in [0.05, 0.1) is 12.2 Å². The van der Waals surface area contributed by atoms with Crippen molar-refractivity contribution in [1.82, 2.24) is 4.90 Å². The van der Waals surface area contributed by atoms with Gasteiger partial charge in [0.1, 0.15) is 5.75 Å². The van der Waals surface area contributed by atoms with Gasteiger partial charge in [0.25, 0.3) is 11.8 Å². The molecule has 2 amide bonds. The van der Waals surface area contributed by atoms with Gasteiger partial charge in [0.15, 0.2) is 0 Å². The third-order valence-electron chi connectivity index (χ3n) is 4.56. The molecular weight excluding hydrogens is 352 g/mol. The van der Waals surface area contributed by atoms with E-state index in [1.807, 2.05) is 26.0 Å². The maximum Gasteiger partial charge on any atom is 0.259 e. The molecule has 0 radical (unpaired) electrons. The molecule has 0 saturated heterocycles. The molecule has 0 fully saturated rings. The number of nitrogens with one attached hydrogen (secondary N) is 1. The molecule has 0 aliphatic carbocycles. The van der Waals surface area contributed by atoms with Crippen LogP contribution in [0.4, 0.5) is 5.69 Å². The summed E-state index contributed by atoms with van der Waals surface area (Å²) in [5.41, 5.74) is 1.63. The first-order valence-electron chi connectivity index (χ1n) is 10.0. The molecule has 0 aromatic heterocycles. The first kappa shape index (κ1) is 21.5. The second kappa shape index (κ2) is 11.1. The molecule has 2 rings (SSSR count). The van der Waals surface area contributed by atoms with Crippen LogP contribution in [-0.2, 0) is 0 Å². The zero-order chi connectivity index (χ0) is 20.4. The molecule has 28 heavy (non-hydrogen) atoms. The lowest BCUT2D eigenvalue weighted by molar-refractivity contribution is 0.0772. The number of hydrogen-bond donors (Lipinski definition) is 1. The number of carbonyl (C=O) groups is 2. The minimum Gasteiger partial charge on any atom is -0.493 e. The largest absolute Gasteiger partial charge is 0.493 e. The standard InChI is InChI=1S/C23H30N2O3/c1-4-7-10-16-28-21-15-9-8-14-20(21)22(26)24-19-13-11-12-18(17-19)23(27)25(5-2)6-3/h8-9,11-15,17H,4-7,10,16H2,1-3H3,(H,24,26). The van der Waals surface area contributed by atoms with E-state index in [4.69, 9.17) is 4.74 Å². The van der Waals surface area contributed by atoms with Crippen molar-refractivity contribution in [2.24, 2.45) is 0 Å². The van der Waals surface area contributed by atoms with Crippen molar-refractivity contribution in [2.75, 3.05) is 25.0 Å². The zero-order valence-corrected chi connectivity index (χ0v) is 17.0. The first-order chi connectivity index (χ1) is 13.6. The normalized spacial score (nSPS) is 10.4. The Labute approximate surface area is 167 Å². The molecule has 0 aliphatic rings. The Hall–Kier alpha value is -2.82. The van der Waals surface area contributed by atoms with Crippen molar-refractivity contribution >= 4 is 17.5 Å². The van der Waals surface area contributed by atoms with E-state index in [2.05, 4.69) is 12.2 Å². The molecule has 0 unspecified atom stereocenters. The van der Waals surface area contributed by atoms with Crippen LogP contribution >= 0.6 is 0 Å². The van der Waals surface area contributed by atoms with Gasteiger partial charge in [0, 0.05) is 24.3 Å². The molecule has 5 nitrogen and oxygen atoms in total. The van der Waals surface area contributed by atoms with E-state index in [0.717, 1.165) is 19.3 Å². The van der Waals surface area contributed by atoms with Crippen molar-refractivity contribution in [2.45, 2.75) is 40.0 Å². The number of unbranched alkanes of at least 4 members (excludes halogenated alkanes) is 2. The summed E-state index contributed by atoms with van der Waals surface area (Å²) in [7, 11) is 0. The molecule has 2 aromatic rings. The van der Waals surface area contributed by atoms with Crippen molar-refractivity contribution in [3.8, 4) is 5.75 Å². The van der Waals surface area contributed by atoms with Crippen LogP contribution in [-0.4, -0.2) is 36.4 Å². The third-order valence-corrected chi connectivity index (χ3v) is 4.56.